The topological polar surface area (TPSA) is 58.5 Å². The second-order valence-corrected chi connectivity index (χ2v) is 10.1. The second kappa shape index (κ2) is 7.31. The first-order valence-corrected chi connectivity index (χ1v) is 11.6. The zero-order valence-corrected chi connectivity index (χ0v) is 16.8. The number of benzene rings is 1. The van der Waals surface area contributed by atoms with E-state index in [1.165, 1.54) is 6.07 Å². The van der Waals surface area contributed by atoms with Crippen molar-refractivity contribution in [3.05, 3.63) is 53.3 Å². The predicted octanol–water partition coefficient (Wildman–Crippen LogP) is 4.45. The Labute approximate surface area is 168 Å². The first-order valence-electron chi connectivity index (χ1n) is 9.72. The SMILES string of the molecule is CS(=O)(=O)c1ccc(C(CC2CCC2)C2=CC3C=CC=NC3N2)cc1C(F)(F)F. The molecule has 4 nitrogen and oxygen atoms in total. The molecule has 3 aliphatic rings. The lowest BCUT2D eigenvalue weighted by Crippen LogP contribution is -2.29. The molecule has 1 aliphatic carbocycles. The van der Waals surface area contributed by atoms with Gasteiger partial charge in [-0.05, 0) is 36.1 Å². The van der Waals surface area contributed by atoms with Crippen LogP contribution in [0.3, 0.4) is 0 Å². The average Bonchev–Trinajstić information content (AvgIpc) is 3.02. The van der Waals surface area contributed by atoms with E-state index in [-0.39, 0.29) is 18.0 Å². The summed E-state index contributed by atoms with van der Waals surface area (Å²) in [6, 6.07) is 3.64. The highest BCUT2D eigenvalue weighted by Crippen LogP contribution is 2.43. The Kier molecular flexibility index (Phi) is 5.09. The molecule has 0 bridgehead atoms. The van der Waals surface area contributed by atoms with Gasteiger partial charge in [-0.1, -0.05) is 37.5 Å². The molecule has 0 aromatic heterocycles. The second-order valence-electron chi connectivity index (χ2n) is 8.08. The van der Waals surface area contributed by atoms with Gasteiger partial charge in [0.05, 0.1) is 10.5 Å². The van der Waals surface area contributed by atoms with Gasteiger partial charge in [0.25, 0.3) is 0 Å². The third-order valence-corrected chi connectivity index (χ3v) is 7.15. The number of nitrogens with zero attached hydrogens (tertiary/aromatic N) is 1. The van der Waals surface area contributed by atoms with Gasteiger partial charge in [0, 0.05) is 30.0 Å². The van der Waals surface area contributed by atoms with Gasteiger partial charge in [-0.3, -0.25) is 4.99 Å². The molecule has 29 heavy (non-hydrogen) atoms. The average molecular weight is 424 g/mol. The number of halogens is 3. The third-order valence-electron chi connectivity index (χ3n) is 6.00. The quantitative estimate of drug-likeness (QED) is 0.760. The molecule has 1 saturated carbocycles. The smallest absolute Gasteiger partial charge is 0.366 e. The summed E-state index contributed by atoms with van der Waals surface area (Å²) in [5, 5.41) is 3.36. The van der Waals surface area contributed by atoms with E-state index in [1.807, 2.05) is 18.2 Å². The number of allylic oxidation sites excluding steroid dienone is 2. The first kappa shape index (κ1) is 20.2. The number of hydrogen-bond acceptors (Lipinski definition) is 4. The maximum atomic E-state index is 13.7. The summed E-state index contributed by atoms with van der Waals surface area (Å²) in [5.74, 6) is 0.300. The van der Waals surface area contributed by atoms with Crippen molar-refractivity contribution >= 4 is 16.1 Å². The van der Waals surface area contributed by atoms with Gasteiger partial charge in [0.2, 0.25) is 0 Å². The number of aliphatic imine (C=N–C) groups is 1. The first-order chi connectivity index (χ1) is 13.6. The van der Waals surface area contributed by atoms with Gasteiger partial charge in [0.15, 0.2) is 9.84 Å². The Bertz CT molecular complexity index is 992. The van der Waals surface area contributed by atoms with Crippen LogP contribution in [-0.4, -0.2) is 27.1 Å². The van der Waals surface area contributed by atoms with E-state index in [0.717, 1.165) is 49.8 Å². The standard InChI is InChI=1S/C21H23F3N2O2S/c1-29(27,28)19-8-7-14(11-17(19)21(22,23)24)16(10-13-4-2-5-13)18-12-15-6-3-9-25-20(15)26-18/h3,6-9,11-13,15-16,20,26H,2,4-5,10H2,1H3. The van der Waals surface area contributed by atoms with Crippen molar-refractivity contribution in [2.45, 2.75) is 48.8 Å². The lowest BCUT2D eigenvalue weighted by Gasteiger charge is -2.31. The number of fused-ring (bicyclic) bond motifs is 1. The van der Waals surface area contributed by atoms with Gasteiger partial charge in [-0.2, -0.15) is 13.2 Å². The molecule has 1 N–H and O–H groups in total. The summed E-state index contributed by atoms with van der Waals surface area (Å²) >= 11 is 0. The number of rotatable bonds is 5. The highest BCUT2D eigenvalue weighted by Gasteiger charge is 2.38. The Balaban J connectivity index is 1.75. The molecular formula is C21H23F3N2O2S. The molecule has 1 aromatic carbocycles. The maximum Gasteiger partial charge on any atom is 0.417 e. The van der Waals surface area contributed by atoms with E-state index in [4.69, 9.17) is 0 Å². The molecule has 2 aliphatic heterocycles. The van der Waals surface area contributed by atoms with Crippen molar-refractivity contribution < 1.29 is 21.6 Å². The Morgan fingerprint density at radius 3 is 2.62 bits per heavy atom. The van der Waals surface area contributed by atoms with Crippen molar-refractivity contribution in [3.63, 3.8) is 0 Å². The van der Waals surface area contributed by atoms with E-state index in [9.17, 15) is 21.6 Å². The van der Waals surface area contributed by atoms with Crippen molar-refractivity contribution in [1.29, 1.82) is 0 Å². The zero-order valence-electron chi connectivity index (χ0n) is 16.0. The van der Waals surface area contributed by atoms with Crippen LogP contribution in [0.25, 0.3) is 0 Å². The van der Waals surface area contributed by atoms with Crippen molar-refractivity contribution in [2.75, 3.05) is 6.26 Å². The van der Waals surface area contributed by atoms with Gasteiger partial charge in [-0.25, -0.2) is 8.42 Å². The zero-order chi connectivity index (χ0) is 20.8. The number of alkyl halides is 3. The molecule has 3 atom stereocenters. The van der Waals surface area contributed by atoms with Gasteiger partial charge >= 0.3 is 6.18 Å². The van der Waals surface area contributed by atoms with Crippen LogP contribution in [0.15, 0.2) is 52.0 Å². The van der Waals surface area contributed by atoms with Crippen LogP contribution in [0.2, 0.25) is 0 Å². The van der Waals surface area contributed by atoms with Crippen molar-refractivity contribution in [2.24, 2.45) is 16.8 Å². The number of dihydropyridines is 1. The van der Waals surface area contributed by atoms with Gasteiger partial charge in [0.1, 0.15) is 6.17 Å². The molecule has 2 heterocycles. The number of nitrogens with one attached hydrogen (secondary N) is 1. The summed E-state index contributed by atoms with van der Waals surface area (Å²) in [4.78, 5) is 3.72. The van der Waals surface area contributed by atoms with Gasteiger partial charge in [-0.15, -0.1) is 0 Å². The normalized spacial score (nSPS) is 25.2. The number of sulfone groups is 1. The minimum absolute atomic E-state index is 0.0799. The van der Waals surface area contributed by atoms with Crippen LogP contribution < -0.4 is 5.32 Å². The monoisotopic (exact) mass is 424 g/mol. The van der Waals surface area contributed by atoms with Crippen molar-refractivity contribution in [3.8, 4) is 0 Å². The lowest BCUT2D eigenvalue weighted by atomic mass is 9.76. The minimum Gasteiger partial charge on any atom is -0.366 e. The highest BCUT2D eigenvalue weighted by molar-refractivity contribution is 7.90. The Morgan fingerprint density at radius 2 is 2.03 bits per heavy atom. The van der Waals surface area contributed by atoms with E-state index in [1.54, 1.807) is 6.21 Å². The van der Waals surface area contributed by atoms with E-state index >= 15 is 0 Å². The fraction of sp³-hybridized carbons (Fsp3) is 0.476. The molecule has 4 rings (SSSR count). The summed E-state index contributed by atoms with van der Waals surface area (Å²) in [6.45, 7) is 0. The van der Waals surface area contributed by atoms with Crippen LogP contribution in [0.5, 0.6) is 0 Å². The lowest BCUT2D eigenvalue weighted by molar-refractivity contribution is -0.139. The summed E-state index contributed by atoms with van der Waals surface area (Å²) in [6.07, 6.45) is 7.60. The molecular weight excluding hydrogens is 401 g/mol. The van der Waals surface area contributed by atoms with Crippen LogP contribution in [0.4, 0.5) is 13.2 Å². The maximum absolute atomic E-state index is 13.7. The highest BCUT2D eigenvalue weighted by atomic mass is 32.2. The molecule has 156 valence electrons. The molecule has 0 spiro atoms. The van der Waals surface area contributed by atoms with Crippen molar-refractivity contribution in [1.82, 2.24) is 5.32 Å². The minimum atomic E-state index is -4.74. The van der Waals surface area contributed by atoms with Crippen LogP contribution in [0.1, 0.15) is 42.7 Å². The molecule has 1 aromatic rings. The van der Waals surface area contributed by atoms with Crippen LogP contribution in [0, 0.1) is 11.8 Å². The molecule has 0 radical (unpaired) electrons. The Hall–Kier alpha value is -2.09. The third kappa shape index (κ3) is 4.13. The van der Waals surface area contributed by atoms with Crippen LogP contribution >= 0.6 is 0 Å². The molecule has 3 unspecified atom stereocenters. The largest absolute Gasteiger partial charge is 0.417 e. The molecule has 0 amide bonds. The van der Waals surface area contributed by atoms with Gasteiger partial charge < -0.3 is 5.32 Å². The summed E-state index contributed by atoms with van der Waals surface area (Å²) < 4.78 is 64.8. The molecule has 0 saturated heterocycles. The Morgan fingerprint density at radius 1 is 1.28 bits per heavy atom. The molecule has 8 heteroatoms. The fourth-order valence-corrected chi connectivity index (χ4v) is 5.15. The molecule has 1 fully saturated rings. The predicted molar refractivity (Wildman–Crippen MR) is 105 cm³/mol. The summed E-state index contributed by atoms with van der Waals surface area (Å²) in [7, 11) is -3.99. The number of hydrogen-bond donors (Lipinski definition) is 1. The fourth-order valence-electron chi connectivity index (χ4n) is 4.26. The van der Waals surface area contributed by atoms with E-state index < -0.39 is 26.5 Å². The summed E-state index contributed by atoms with van der Waals surface area (Å²) in [5.41, 5.74) is 0.267. The van der Waals surface area contributed by atoms with E-state index in [2.05, 4.69) is 10.3 Å². The van der Waals surface area contributed by atoms with Crippen LogP contribution in [-0.2, 0) is 16.0 Å². The van der Waals surface area contributed by atoms with E-state index in [0.29, 0.717) is 11.5 Å².